The van der Waals surface area contributed by atoms with E-state index in [9.17, 15) is 24.8 Å². The monoisotopic (exact) mass is 481 g/mol. The van der Waals surface area contributed by atoms with Crippen LogP contribution < -0.4 is 10.2 Å². The Morgan fingerprint density at radius 3 is 2.50 bits per heavy atom. The number of hydrogen-bond donors (Lipinski definition) is 2. The number of phenols is 1. The number of halogens is 2. The second-order valence-corrected chi connectivity index (χ2v) is 7.23. The first-order valence-corrected chi connectivity index (χ1v) is 9.11. The molecule has 1 saturated heterocycles. The fourth-order valence-electron chi connectivity index (χ4n) is 2.46. The number of non-ortho nitro benzene ring substituents is 1. The SMILES string of the molecule is O=C1NC(=S)N(c2ccc(Cl)cc2)C(=O)C1=Cc1cc([N+](=O)[O-])cc(Br)c1O. The highest BCUT2D eigenvalue weighted by Crippen LogP contribution is 2.34. The third kappa shape index (κ3) is 3.75. The van der Waals surface area contributed by atoms with Crippen molar-refractivity contribution in [2.45, 2.75) is 0 Å². The van der Waals surface area contributed by atoms with Gasteiger partial charge in [-0.15, -0.1) is 0 Å². The second-order valence-electron chi connectivity index (χ2n) is 5.56. The Hall–Kier alpha value is -2.82. The number of thiocarbonyl (C=S) groups is 1. The van der Waals surface area contributed by atoms with Crippen LogP contribution in [0.25, 0.3) is 6.08 Å². The Morgan fingerprint density at radius 2 is 1.89 bits per heavy atom. The van der Waals surface area contributed by atoms with Gasteiger partial charge in [-0.05, 0) is 58.5 Å². The topological polar surface area (TPSA) is 113 Å². The first-order chi connectivity index (χ1) is 13.2. The van der Waals surface area contributed by atoms with Gasteiger partial charge in [-0.25, -0.2) is 0 Å². The number of nitrogens with one attached hydrogen (secondary N) is 1. The molecular weight excluding hydrogens is 474 g/mol. The van der Waals surface area contributed by atoms with E-state index in [1.54, 1.807) is 24.3 Å². The number of carbonyl (C=O) groups excluding carboxylic acids is 2. The van der Waals surface area contributed by atoms with Gasteiger partial charge < -0.3 is 5.11 Å². The van der Waals surface area contributed by atoms with Gasteiger partial charge in [-0.2, -0.15) is 0 Å². The van der Waals surface area contributed by atoms with E-state index in [2.05, 4.69) is 21.2 Å². The molecule has 28 heavy (non-hydrogen) atoms. The van der Waals surface area contributed by atoms with Crippen molar-refractivity contribution in [1.82, 2.24) is 5.32 Å². The summed E-state index contributed by atoms with van der Waals surface area (Å²) in [4.78, 5) is 36.7. The lowest BCUT2D eigenvalue weighted by atomic mass is 10.1. The molecule has 0 unspecified atom stereocenters. The van der Waals surface area contributed by atoms with Crippen LogP contribution >= 0.6 is 39.7 Å². The molecule has 1 heterocycles. The molecule has 0 spiro atoms. The van der Waals surface area contributed by atoms with E-state index in [0.717, 1.165) is 23.1 Å². The van der Waals surface area contributed by atoms with Crippen molar-refractivity contribution >= 4 is 74.1 Å². The first-order valence-electron chi connectivity index (χ1n) is 7.53. The summed E-state index contributed by atoms with van der Waals surface area (Å²) in [6.45, 7) is 0. The number of nitro groups is 1. The van der Waals surface area contributed by atoms with E-state index in [1.807, 2.05) is 0 Å². The van der Waals surface area contributed by atoms with Crippen LogP contribution in [-0.2, 0) is 9.59 Å². The molecule has 2 amide bonds. The molecule has 0 aliphatic carbocycles. The molecule has 2 aromatic rings. The molecule has 2 aromatic carbocycles. The Labute approximate surface area is 176 Å². The highest BCUT2D eigenvalue weighted by Gasteiger charge is 2.34. The molecule has 1 aliphatic heterocycles. The fraction of sp³-hybridized carbons (Fsp3) is 0. The third-order valence-electron chi connectivity index (χ3n) is 3.77. The summed E-state index contributed by atoms with van der Waals surface area (Å²) in [5.41, 5.74) is -0.394. The Morgan fingerprint density at radius 1 is 1.25 bits per heavy atom. The number of rotatable bonds is 3. The Balaban J connectivity index is 2.09. The zero-order chi connectivity index (χ0) is 20.6. The van der Waals surface area contributed by atoms with Crippen LogP contribution in [0.2, 0.25) is 5.02 Å². The average molecular weight is 483 g/mol. The number of phenolic OH excluding ortho intramolecular Hbond substituents is 1. The van der Waals surface area contributed by atoms with E-state index in [1.165, 1.54) is 0 Å². The van der Waals surface area contributed by atoms with Crippen LogP contribution in [0, 0.1) is 10.1 Å². The summed E-state index contributed by atoms with van der Waals surface area (Å²) in [5, 5.41) is 23.9. The zero-order valence-electron chi connectivity index (χ0n) is 13.7. The van der Waals surface area contributed by atoms with Crippen LogP contribution in [0.4, 0.5) is 11.4 Å². The van der Waals surface area contributed by atoms with Crippen LogP contribution in [0.15, 0.2) is 46.4 Å². The summed E-state index contributed by atoms with van der Waals surface area (Å²) in [6, 6.07) is 8.35. The summed E-state index contributed by atoms with van der Waals surface area (Å²) in [7, 11) is 0. The molecule has 1 aliphatic rings. The largest absolute Gasteiger partial charge is 0.506 e. The van der Waals surface area contributed by atoms with Gasteiger partial charge in [0.05, 0.1) is 15.1 Å². The number of carbonyl (C=O) groups is 2. The second kappa shape index (κ2) is 7.66. The summed E-state index contributed by atoms with van der Waals surface area (Å²) in [6.07, 6.45) is 1.06. The molecule has 2 N–H and O–H groups in total. The molecule has 11 heteroatoms. The molecule has 8 nitrogen and oxygen atoms in total. The highest BCUT2D eigenvalue weighted by atomic mass is 79.9. The van der Waals surface area contributed by atoms with E-state index in [4.69, 9.17) is 23.8 Å². The number of anilines is 1. The number of aromatic hydroxyl groups is 1. The molecule has 0 radical (unpaired) electrons. The van der Waals surface area contributed by atoms with Gasteiger partial charge in [-0.3, -0.25) is 29.9 Å². The molecule has 142 valence electrons. The Bertz CT molecular complexity index is 1070. The first kappa shape index (κ1) is 19.9. The third-order valence-corrected chi connectivity index (χ3v) is 4.92. The normalized spacial score (nSPS) is 15.7. The minimum atomic E-state index is -0.790. The van der Waals surface area contributed by atoms with Crippen molar-refractivity contribution < 1.29 is 19.6 Å². The molecular formula is C17H9BrClN3O5S. The van der Waals surface area contributed by atoms with Crippen LogP contribution in [-0.4, -0.2) is 27.0 Å². The number of benzene rings is 2. The summed E-state index contributed by atoms with van der Waals surface area (Å²) >= 11 is 13.9. The van der Waals surface area contributed by atoms with Gasteiger partial charge in [0, 0.05) is 22.7 Å². The number of nitrogens with zero attached hydrogens (tertiary/aromatic N) is 2. The van der Waals surface area contributed by atoms with Crippen molar-refractivity contribution in [3.63, 3.8) is 0 Å². The molecule has 0 atom stereocenters. The highest BCUT2D eigenvalue weighted by molar-refractivity contribution is 9.10. The van der Waals surface area contributed by atoms with Gasteiger partial charge in [0.15, 0.2) is 5.11 Å². The van der Waals surface area contributed by atoms with Gasteiger partial charge in [0.1, 0.15) is 11.3 Å². The van der Waals surface area contributed by atoms with Gasteiger partial charge in [0.2, 0.25) is 0 Å². The summed E-state index contributed by atoms with van der Waals surface area (Å²) < 4.78 is 0.0438. The number of nitro benzene ring substituents is 1. The molecule has 0 saturated carbocycles. The smallest absolute Gasteiger partial charge is 0.271 e. The van der Waals surface area contributed by atoms with Crippen molar-refractivity contribution in [2.75, 3.05) is 4.90 Å². The maximum atomic E-state index is 12.9. The predicted molar refractivity (Wildman–Crippen MR) is 110 cm³/mol. The predicted octanol–water partition coefficient (Wildman–Crippen LogP) is 3.55. The van der Waals surface area contributed by atoms with Gasteiger partial charge in [-0.1, -0.05) is 11.6 Å². The van der Waals surface area contributed by atoms with Crippen LogP contribution in [0.3, 0.4) is 0 Å². The number of amides is 2. The maximum Gasteiger partial charge on any atom is 0.271 e. The Kier molecular flexibility index (Phi) is 5.45. The van der Waals surface area contributed by atoms with Gasteiger partial charge in [0.25, 0.3) is 17.5 Å². The van der Waals surface area contributed by atoms with E-state index < -0.39 is 16.7 Å². The minimum Gasteiger partial charge on any atom is -0.506 e. The number of hydrogen-bond acceptors (Lipinski definition) is 6. The van der Waals surface area contributed by atoms with Crippen LogP contribution in [0.1, 0.15) is 5.56 Å². The average Bonchev–Trinajstić information content (AvgIpc) is 2.63. The zero-order valence-corrected chi connectivity index (χ0v) is 16.8. The molecule has 0 bridgehead atoms. The quantitative estimate of drug-likeness (QED) is 0.227. The van der Waals surface area contributed by atoms with E-state index in [-0.39, 0.29) is 32.2 Å². The van der Waals surface area contributed by atoms with Crippen LogP contribution in [0.5, 0.6) is 5.75 Å². The lowest BCUT2D eigenvalue weighted by Gasteiger charge is -2.29. The van der Waals surface area contributed by atoms with Crippen molar-refractivity contribution in [3.8, 4) is 5.75 Å². The van der Waals surface area contributed by atoms with E-state index >= 15 is 0 Å². The molecule has 1 fully saturated rings. The van der Waals surface area contributed by atoms with E-state index in [0.29, 0.717) is 10.7 Å². The molecule has 3 rings (SSSR count). The maximum absolute atomic E-state index is 12.9. The fourth-order valence-corrected chi connectivity index (χ4v) is 3.33. The van der Waals surface area contributed by atoms with Crippen molar-refractivity contribution in [2.24, 2.45) is 0 Å². The lowest BCUT2D eigenvalue weighted by molar-refractivity contribution is -0.385. The van der Waals surface area contributed by atoms with Crippen molar-refractivity contribution in [1.29, 1.82) is 0 Å². The molecule has 0 aromatic heterocycles. The minimum absolute atomic E-state index is 0.0438. The van der Waals surface area contributed by atoms with Gasteiger partial charge >= 0.3 is 0 Å². The standard InChI is InChI=1S/C17H9BrClN3O5S/c18-13-7-11(22(26)27)5-8(14(13)23)6-12-15(24)20-17(28)21(16(12)25)10-3-1-9(19)2-4-10/h1-7,23H,(H,20,24,28). The lowest BCUT2D eigenvalue weighted by Crippen LogP contribution is -2.54. The van der Waals surface area contributed by atoms with Crippen molar-refractivity contribution in [3.05, 3.63) is 67.1 Å². The summed E-state index contributed by atoms with van der Waals surface area (Å²) in [5.74, 6) is -1.90.